The van der Waals surface area contributed by atoms with Crippen LogP contribution >= 0.6 is 0 Å². The van der Waals surface area contributed by atoms with E-state index in [0.29, 0.717) is 24.7 Å². The van der Waals surface area contributed by atoms with E-state index in [1.165, 1.54) is 18.2 Å². The molecular formula is C14H17N3O3. The average Bonchev–Trinajstić information content (AvgIpc) is 2.45. The number of carbonyl (C=O) groups is 1. The van der Waals surface area contributed by atoms with Gasteiger partial charge in [0.1, 0.15) is 0 Å². The number of rotatable bonds is 3. The van der Waals surface area contributed by atoms with E-state index in [1.807, 2.05) is 6.92 Å². The lowest BCUT2D eigenvalue weighted by Gasteiger charge is -2.31. The van der Waals surface area contributed by atoms with Crippen LogP contribution in [0.2, 0.25) is 0 Å². The van der Waals surface area contributed by atoms with Crippen LogP contribution in [0.5, 0.6) is 0 Å². The molecular weight excluding hydrogens is 258 g/mol. The molecule has 2 rings (SSSR count). The molecule has 1 aliphatic rings. The number of non-ortho nitro benzene ring substituents is 1. The summed E-state index contributed by atoms with van der Waals surface area (Å²) in [5.41, 5.74) is 0.672. The van der Waals surface area contributed by atoms with Crippen molar-refractivity contribution in [2.24, 2.45) is 0 Å². The molecule has 6 heteroatoms. The monoisotopic (exact) mass is 275 g/mol. The third kappa shape index (κ3) is 3.64. The maximum absolute atomic E-state index is 12.0. The number of hydrogen-bond donors (Lipinski definition) is 1. The van der Waals surface area contributed by atoms with Crippen molar-refractivity contribution in [3.8, 4) is 0 Å². The predicted octanol–water partition coefficient (Wildman–Crippen LogP) is 1.43. The maximum atomic E-state index is 12.0. The van der Waals surface area contributed by atoms with E-state index < -0.39 is 4.92 Å². The van der Waals surface area contributed by atoms with Gasteiger partial charge >= 0.3 is 0 Å². The van der Waals surface area contributed by atoms with Crippen LogP contribution in [0.15, 0.2) is 30.3 Å². The summed E-state index contributed by atoms with van der Waals surface area (Å²) in [4.78, 5) is 24.0. The summed E-state index contributed by atoms with van der Waals surface area (Å²) in [5.74, 6) is -0.0649. The number of carbonyl (C=O) groups excluding carboxylic acids is 1. The van der Waals surface area contributed by atoms with Crippen molar-refractivity contribution < 1.29 is 9.72 Å². The van der Waals surface area contributed by atoms with E-state index in [-0.39, 0.29) is 11.6 Å². The standard InChI is InChI=1S/C14H17N3O3/c1-11-10-16(8-7-15-11)14(18)6-5-12-3-2-4-13(9-12)17(19)20/h2-6,9,11,15H,7-8,10H2,1H3/b6-5+/t11-/m1/s1. The van der Waals surface area contributed by atoms with Crippen LogP contribution in [-0.4, -0.2) is 41.4 Å². The van der Waals surface area contributed by atoms with Gasteiger partial charge in [0, 0.05) is 43.9 Å². The third-order valence-corrected chi connectivity index (χ3v) is 3.18. The van der Waals surface area contributed by atoms with Crippen molar-refractivity contribution in [1.29, 1.82) is 0 Å². The molecule has 0 radical (unpaired) electrons. The highest BCUT2D eigenvalue weighted by molar-refractivity contribution is 5.92. The van der Waals surface area contributed by atoms with Crippen molar-refractivity contribution >= 4 is 17.7 Å². The van der Waals surface area contributed by atoms with Gasteiger partial charge in [-0.25, -0.2) is 0 Å². The Morgan fingerprint density at radius 2 is 2.35 bits per heavy atom. The van der Waals surface area contributed by atoms with Crippen LogP contribution in [-0.2, 0) is 4.79 Å². The predicted molar refractivity (Wildman–Crippen MR) is 76.2 cm³/mol. The van der Waals surface area contributed by atoms with Gasteiger partial charge in [-0.05, 0) is 18.6 Å². The zero-order valence-electron chi connectivity index (χ0n) is 11.3. The van der Waals surface area contributed by atoms with Gasteiger partial charge < -0.3 is 10.2 Å². The highest BCUT2D eigenvalue weighted by Gasteiger charge is 2.18. The van der Waals surface area contributed by atoms with Gasteiger partial charge in [0.2, 0.25) is 5.91 Å². The molecule has 1 N–H and O–H groups in total. The number of amides is 1. The SMILES string of the molecule is C[C@@H]1CN(C(=O)/C=C/c2cccc([N+](=O)[O-])c2)CCN1. The fourth-order valence-corrected chi connectivity index (χ4v) is 2.15. The van der Waals surface area contributed by atoms with Gasteiger partial charge in [0.05, 0.1) is 4.92 Å². The second-order valence-corrected chi connectivity index (χ2v) is 4.82. The molecule has 106 valence electrons. The number of nitro groups is 1. The Hall–Kier alpha value is -2.21. The first-order chi connectivity index (χ1) is 9.56. The molecule has 0 spiro atoms. The van der Waals surface area contributed by atoms with Crippen LogP contribution in [0, 0.1) is 10.1 Å². The van der Waals surface area contributed by atoms with Gasteiger partial charge in [-0.3, -0.25) is 14.9 Å². The molecule has 0 unspecified atom stereocenters. The zero-order valence-corrected chi connectivity index (χ0v) is 11.3. The van der Waals surface area contributed by atoms with Crippen LogP contribution in [0.25, 0.3) is 6.08 Å². The topological polar surface area (TPSA) is 75.5 Å². The average molecular weight is 275 g/mol. The van der Waals surface area contributed by atoms with Crippen LogP contribution < -0.4 is 5.32 Å². The number of benzene rings is 1. The van der Waals surface area contributed by atoms with Crippen molar-refractivity contribution in [2.45, 2.75) is 13.0 Å². The molecule has 20 heavy (non-hydrogen) atoms. The molecule has 1 aromatic rings. The normalized spacial score (nSPS) is 19.2. The zero-order chi connectivity index (χ0) is 14.5. The highest BCUT2D eigenvalue weighted by atomic mass is 16.6. The summed E-state index contributed by atoms with van der Waals surface area (Å²) in [6, 6.07) is 6.51. The molecule has 0 aromatic heterocycles. The summed E-state index contributed by atoms with van der Waals surface area (Å²) >= 11 is 0. The number of piperazine rings is 1. The molecule has 1 aromatic carbocycles. The van der Waals surface area contributed by atoms with E-state index in [1.54, 1.807) is 23.1 Å². The van der Waals surface area contributed by atoms with Gasteiger partial charge in [-0.15, -0.1) is 0 Å². The van der Waals surface area contributed by atoms with E-state index in [2.05, 4.69) is 5.32 Å². The molecule has 1 fully saturated rings. The summed E-state index contributed by atoms with van der Waals surface area (Å²) in [6.07, 6.45) is 3.08. The first kappa shape index (κ1) is 14.2. The summed E-state index contributed by atoms with van der Waals surface area (Å²) in [5, 5.41) is 13.9. The molecule has 1 amide bonds. The third-order valence-electron chi connectivity index (χ3n) is 3.18. The number of nitrogens with zero attached hydrogens (tertiary/aromatic N) is 2. The summed E-state index contributed by atoms with van der Waals surface area (Å²) in [6.45, 7) is 4.18. The quantitative estimate of drug-likeness (QED) is 0.514. The van der Waals surface area contributed by atoms with Gasteiger partial charge in [0.25, 0.3) is 5.69 Å². The minimum Gasteiger partial charge on any atom is -0.336 e. The lowest BCUT2D eigenvalue weighted by Crippen LogP contribution is -2.50. The second kappa shape index (κ2) is 6.29. The maximum Gasteiger partial charge on any atom is 0.270 e. The molecule has 1 atom stereocenters. The summed E-state index contributed by atoms with van der Waals surface area (Å²) < 4.78 is 0. The second-order valence-electron chi connectivity index (χ2n) is 4.82. The minimum atomic E-state index is -0.447. The summed E-state index contributed by atoms with van der Waals surface area (Å²) in [7, 11) is 0. The Bertz CT molecular complexity index is 542. The van der Waals surface area contributed by atoms with Crippen LogP contribution in [0.4, 0.5) is 5.69 Å². The van der Waals surface area contributed by atoms with Gasteiger partial charge in [0.15, 0.2) is 0 Å². The van der Waals surface area contributed by atoms with Crippen molar-refractivity contribution in [3.63, 3.8) is 0 Å². The number of hydrogen-bond acceptors (Lipinski definition) is 4. The Balaban J connectivity index is 2.03. The first-order valence-corrected chi connectivity index (χ1v) is 6.51. The molecule has 6 nitrogen and oxygen atoms in total. The Morgan fingerprint density at radius 1 is 1.55 bits per heavy atom. The molecule has 0 aliphatic carbocycles. The largest absolute Gasteiger partial charge is 0.336 e. The van der Waals surface area contributed by atoms with Crippen LogP contribution in [0.3, 0.4) is 0 Å². The minimum absolute atomic E-state index is 0.0235. The highest BCUT2D eigenvalue weighted by Crippen LogP contribution is 2.14. The van der Waals surface area contributed by atoms with Crippen LogP contribution in [0.1, 0.15) is 12.5 Å². The Morgan fingerprint density at radius 3 is 3.05 bits per heavy atom. The number of nitrogens with one attached hydrogen (secondary N) is 1. The lowest BCUT2D eigenvalue weighted by atomic mass is 10.2. The first-order valence-electron chi connectivity index (χ1n) is 6.51. The fraction of sp³-hybridized carbons (Fsp3) is 0.357. The number of nitro benzene ring substituents is 1. The molecule has 0 saturated carbocycles. The van der Waals surface area contributed by atoms with Crippen molar-refractivity contribution in [3.05, 3.63) is 46.0 Å². The van der Waals surface area contributed by atoms with E-state index in [4.69, 9.17) is 0 Å². The molecule has 0 bridgehead atoms. The lowest BCUT2D eigenvalue weighted by molar-refractivity contribution is -0.384. The van der Waals surface area contributed by atoms with E-state index >= 15 is 0 Å². The van der Waals surface area contributed by atoms with E-state index in [0.717, 1.165) is 6.54 Å². The Kier molecular flexibility index (Phi) is 4.47. The molecule has 1 saturated heterocycles. The molecule has 1 heterocycles. The van der Waals surface area contributed by atoms with Gasteiger partial charge in [-0.1, -0.05) is 12.1 Å². The fourth-order valence-electron chi connectivity index (χ4n) is 2.15. The van der Waals surface area contributed by atoms with E-state index in [9.17, 15) is 14.9 Å². The molecule has 1 aliphatic heterocycles. The smallest absolute Gasteiger partial charge is 0.270 e. The van der Waals surface area contributed by atoms with Gasteiger partial charge in [-0.2, -0.15) is 0 Å². The Labute approximate surface area is 117 Å². The van der Waals surface area contributed by atoms with Crippen molar-refractivity contribution in [2.75, 3.05) is 19.6 Å². The van der Waals surface area contributed by atoms with Crippen molar-refractivity contribution in [1.82, 2.24) is 10.2 Å².